The molecule has 1 rings (SSSR count). The summed E-state index contributed by atoms with van der Waals surface area (Å²) in [5.74, 6) is -0.168. The van der Waals surface area contributed by atoms with Crippen molar-refractivity contribution in [3.8, 4) is 0 Å². The molecule has 0 spiro atoms. The van der Waals surface area contributed by atoms with Gasteiger partial charge in [0.05, 0.1) is 11.7 Å². The number of hydrogen-bond donors (Lipinski definition) is 2. The van der Waals surface area contributed by atoms with Crippen molar-refractivity contribution in [2.24, 2.45) is 11.7 Å². The van der Waals surface area contributed by atoms with Gasteiger partial charge in [-0.15, -0.1) is 12.4 Å². The van der Waals surface area contributed by atoms with Gasteiger partial charge in [0.1, 0.15) is 0 Å². The van der Waals surface area contributed by atoms with Crippen molar-refractivity contribution in [2.75, 3.05) is 31.9 Å². The van der Waals surface area contributed by atoms with E-state index in [9.17, 15) is 13.2 Å². The molecule has 1 aliphatic heterocycles. The van der Waals surface area contributed by atoms with Crippen LogP contribution in [0.25, 0.3) is 0 Å². The van der Waals surface area contributed by atoms with Crippen LogP contribution in [-0.4, -0.2) is 50.6 Å². The summed E-state index contributed by atoms with van der Waals surface area (Å²) in [4.78, 5) is 11.8. The van der Waals surface area contributed by atoms with Crippen molar-refractivity contribution in [2.45, 2.75) is 26.2 Å². The summed E-state index contributed by atoms with van der Waals surface area (Å²) < 4.78 is 25.3. The molecule has 19 heavy (non-hydrogen) atoms. The highest BCUT2D eigenvalue weighted by Crippen LogP contribution is 2.19. The second kappa shape index (κ2) is 8.73. The Bertz CT molecular complexity index is 375. The predicted octanol–water partition coefficient (Wildman–Crippen LogP) is -0.0651. The van der Waals surface area contributed by atoms with Crippen LogP contribution in [0.1, 0.15) is 26.2 Å². The van der Waals surface area contributed by atoms with E-state index in [1.54, 1.807) is 0 Å². The number of halogens is 1. The highest BCUT2D eigenvalue weighted by atomic mass is 35.5. The minimum atomic E-state index is -3.19. The summed E-state index contributed by atoms with van der Waals surface area (Å²) >= 11 is 0. The first-order valence-corrected chi connectivity index (χ1v) is 8.07. The molecule has 0 radical (unpaired) electrons. The van der Waals surface area contributed by atoms with E-state index in [-0.39, 0.29) is 30.0 Å². The van der Waals surface area contributed by atoms with Crippen LogP contribution in [0.3, 0.4) is 0 Å². The summed E-state index contributed by atoms with van der Waals surface area (Å²) in [7, 11) is -3.19. The van der Waals surface area contributed by atoms with Crippen LogP contribution in [0.15, 0.2) is 0 Å². The van der Waals surface area contributed by atoms with Gasteiger partial charge in [-0.3, -0.25) is 4.79 Å². The van der Waals surface area contributed by atoms with Crippen molar-refractivity contribution in [1.29, 1.82) is 0 Å². The van der Waals surface area contributed by atoms with E-state index >= 15 is 0 Å². The van der Waals surface area contributed by atoms with Gasteiger partial charge >= 0.3 is 0 Å². The molecule has 1 amide bonds. The molecule has 114 valence electrons. The SMILES string of the molecule is CCCS(=O)(=O)N1CCCC(C(=O)NCCN)C1.Cl. The van der Waals surface area contributed by atoms with Gasteiger partial charge in [-0.05, 0) is 19.3 Å². The zero-order chi connectivity index (χ0) is 13.6. The van der Waals surface area contributed by atoms with Gasteiger partial charge in [-0.1, -0.05) is 6.92 Å². The molecule has 1 unspecified atom stereocenters. The average molecular weight is 314 g/mol. The second-order valence-corrected chi connectivity index (χ2v) is 6.68. The number of sulfonamides is 1. The number of nitrogens with one attached hydrogen (secondary N) is 1. The van der Waals surface area contributed by atoms with E-state index in [2.05, 4.69) is 5.32 Å². The summed E-state index contributed by atoms with van der Waals surface area (Å²) in [5, 5.41) is 2.72. The molecule has 3 N–H and O–H groups in total. The molecular formula is C11H24ClN3O3S. The van der Waals surface area contributed by atoms with Gasteiger partial charge in [0.2, 0.25) is 15.9 Å². The van der Waals surface area contributed by atoms with Crippen molar-refractivity contribution in [3.05, 3.63) is 0 Å². The molecule has 0 aromatic heterocycles. The number of carbonyl (C=O) groups excluding carboxylic acids is 1. The summed E-state index contributed by atoms with van der Waals surface area (Å²) in [6, 6.07) is 0. The van der Waals surface area contributed by atoms with Crippen molar-refractivity contribution < 1.29 is 13.2 Å². The molecule has 0 aromatic rings. The van der Waals surface area contributed by atoms with Crippen LogP contribution >= 0.6 is 12.4 Å². The minimum Gasteiger partial charge on any atom is -0.355 e. The maximum Gasteiger partial charge on any atom is 0.224 e. The van der Waals surface area contributed by atoms with E-state index in [1.165, 1.54) is 4.31 Å². The Labute approximate surface area is 121 Å². The summed E-state index contributed by atoms with van der Waals surface area (Å²) in [6.45, 7) is 3.52. The number of carbonyl (C=O) groups is 1. The van der Waals surface area contributed by atoms with Crippen LogP contribution in [0.4, 0.5) is 0 Å². The number of rotatable bonds is 6. The zero-order valence-electron chi connectivity index (χ0n) is 11.3. The second-order valence-electron chi connectivity index (χ2n) is 4.59. The lowest BCUT2D eigenvalue weighted by Crippen LogP contribution is -2.46. The highest BCUT2D eigenvalue weighted by molar-refractivity contribution is 7.89. The maximum atomic E-state index is 11.9. The van der Waals surface area contributed by atoms with Crippen molar-refractivity contribution in [1.82, 2.24) is 9.62 Å². The first-order valence-electron chi connectivity index (χ1n) is 6.47. The Morgan fingerprint density at radius 3 is 2.74 bits per heavy atom. The van der Waals surface area contributed by atoms with Crippen LogP contribution in [0.2, 0.25) is 0 Å². The van der Waals surface area contributed by atoms with E-state index in [0.29, 0.717) is 32.6 Å². The van der Waals surface area contributed by atoms with Gasteiger partial charge < -0.3 is 11.1 Å². The third kappa shape index (κ3) is 5.64. The lowest BCUT2D eigenvalue weighted by Gasteiger charge is -2.31. The monoisotopic (exact) mass is 313 g/mol. The fourth-order valence-electron chi connectivity index (χ4n) is 2.14. The van der Waals surface area contributed by atoms with Crippen LogP contribution in [0.5, 0.6) is 0 Å². The van der Waals surface area contributed by atoms with Crippen LogP contribution in [0, 0.1) is 5.92 Å². The maximum absolute atomic E-state index is 11.9. The Morgan fingerprint density at radius 2 is 2.16 bits per heavy atom. The van der Waals surface area contributed by atoms with Crippen LogP contribution < -0.4 is 11.1 Å². The molecule has 1 fully saturated rings. The number of piperidine rings is 1. The number of nitrogens with zero attached hydrogens (tertiary/aromatic N) is 1. The molecule has 1 saturated heterocycles. The average Bonchev–Trinajstić information content (AvgIpc) is 2.36. The van der Waals surface area contributed by atoms with E-state index < -0.39 is 10.0 Å². The Balaban J connectivity index is 0.00000324. The van der Waals surface area contributed by atoms with Crippen molar-refractivity contribution in [3.63, 3.8) is 0 Å². The quantitative estimate of drug-likeness (QED) is 0.718. The van der Waals surface area contributed by atoms with E-state index in [1.807, 2.05) is 6.92 Å². The van der Waals surface area contributed by atoms with Gasteiger partial charge in [-0.2, -0.15) is 0 Å². The topological polar surface area (TPSA) is 92.5 Å². The highest BCUT2D eigenvalue weighted by Gasteiger charge is 2.31. The first-order chi connectivity index (χ1) is 8.51. The lowest BCUT2D eigenvalue weighted by atomic mass is 9.99. The number of hydrogen-bond acceptors (Lipinski definition) is 4. The van der Waals surface area contributed by atoms with Crippen molar-refractivity contribution >= 4 is 28.3 Å². The van der Waals surface area contributed by atoms with Gasteiger partial charge in [0, 0.05) is 26.2 Å². The fraction of sp³-hybridized carbons (Fsp3) is 0.909. The molecule has 1 heterocycles. The normalized spacial score (nSPS) is 20.6. The molecule has 0 aliphatic carbocycles. The molecule has 8 heteroatoms. The lowest BCUT2D eigenvalue weighted by molar-refractivity contribution is -0.126. The summed E-state index contributed by atoms with van der Waals surface area (Å²) in [5.41, 5.74) is 5.32. The van der Waals surface area contributed by atoms with Gasteiger partial charge in [0.15, 0.2) is 0 Å². The third-order valence-corrected chi connectivity index (χ3v) is 5.10. The van der Waals surface area contributed by atoms with E-state index in [0.717, 1.165) is 12.8 Å². The number of nitrogens with two attached hydrogens (primary N) is 1. The molecule has 6 nitrogen and oxygen atoms in total. The third-order valence-electron chi connectivity index (χ3n) is 3.05. The largest absolute Gasteiger partial charge is 0.355 e. The molecular weight excluding hydrogens is 290 g/mol. The fourth-order valence-corrected chi connectivity index (χ4v) is 3.72. The Morgan fingerprint density at radius 1 is 1.47 bits per heavy atom. The standard InChI is InChI=1S/C11H23N3O3S.ClH/c1-2-8-18(16,17)14-7-3-4-10(9-14)11(15)13-6-5-12;/h10H,2-9,12H2,1H3,(H,13,15);1H. The molecule has 1 atom stereocenters. The molecule has 0 aromatic carbocycles. The Hall–Kier alpha value is -0.370. The van der Waals surface area contributed by atoms with Gasteiger partial charge in [-0.25, -0.2) is 12.7 Å². The van der Waals surface area contributed by atoms with Gasteiger partial charge in [0.25, 0.3) is 0 Å². The van der Waals surface area contributed by atoms with Crippen LogP contribution in [-0.2, 0) is 14.8 Å². The molecule has 0 saturated carbocycles. The minimum absolute atomic E-state index is 0. The number of amides is 1. The summed E-state index contributed by atoms with van der Waals surface area (Å²) in [6.07, 6.45) is 2.08. The smallest absolute Gasteiger partial charge is 0.224 e. The first kappa shape index (κ1) is 18.6. The zero-order valence-corrected chi connectivity index (χ0v) is 12.9. The Kier molecular flexibility index (Phi) is 8.56. The predicted molar refractivity (Wildman–Crippen MR) is 77.7 cm³/mol. The molecule has 0 bridgehead atoms. The molecule has 1 aliphatic rings. The van der Waals surface area contributed by atoms with E-state index in [4.69, 9.17) is 5.73 Å².